The molecule has 3 aromatic rings. The zero-order valence-corrected chi connectivity index (χ0v) is 11.7. The molecule has 2 aromatic carbocycles. The first-order chi connectivity index (χ1) is 10.2. The number of hydrogen-bond acceptors (Lipinski definition) is 2. The highest BCUT2D eigenvalue weighted by Gasteiger charge is 2.03. The standard InChI is InChI=1S/C18H15FO2/c1-13-16(10-11-20-13)12-21-18-8-4-15(5-9-18)14-2-6-17(19)7-3-14/h2-11H,12H2,1H3. The van der Waals surface area contributed by atoms with Crippen LogP contribution in [0.1, 0.15) is 11.3 Å². The summed E-state index contributed by atoms with van der Waals surface area (Å²) in [5.74, 6) is 1.44. The zero-order valence-electron chi connectivity index (χ0n) is 11.7. The zero-order chi connectivity index (χ0) is 14.7. The van der Waals surface area contributed by atoms with Gasteiger partial charge in [0.15, 0.2) is 0 Å². The Morgan fingerprint density at radius 1 is 0.905 bits per heavy atom. The molecule has 0 bridgehead atoms. The van der Waals surface area contributed by atoms with Crippen LogP contribution in [0.2, 0.25) is 0 Å². The molecule has 0 radical (unpaired) electrons. The van der Waals surface area contributed by atoms with Gasteiger partial charge >= 0.3 is 0 Å². The maximum absolute atomic E-state index is 12.9. The number of benzene rings is 2. The van der Waals surface area contributed by atoms with Gasteiger partial charge in [-0.15, -0.1) is 0 Å². The van der Waals surface area contributed by atoms with Gasteiger partial charge in [0.05, 0.1) is 6.26 Å². The van der Waals surface area contributed by atoms with Gasteiger partial charge < -0.3 is 9.15 Å². The number of hydrogen-bond donors (Lipinski definition) is 0. The summed E-state index contributed by atoms with van der Waals surface area (Å²) in [4.78, 5) is 0. The molecule has 3 heteroatoms. The number of rotatable bonds is 4. The predicted octanol–water partition coefficient (Wildman–Crippen LogP) is 4.97. The monoisotopic (exact) mass is 282 g/mol. The van der Waals surface area contributed by atoms with E-state index in [0.29, 0.717) is 6.61 Å². The normalized spacial score (nSPS) is 10.6. The molecular formula is C18H15FO2. The summed E-state index contributed by atoms with van der Waals surface area (Å²) < 4.78 is 23.9. The lowest BCUT2D eigenvalue weighted by molar-refractivity contribution is 0.303. The van der Waals surface area contributed by atoms with Gasteiger partial charge in [0.1, 0.15) is 23.9 Å². The van der Waals surface area contributed by atoms with Crippen LogP contribution in [0.3, 0.4) is 0 Å². The molecule has 0 amide bonds. The minimum atomic E-state index is -0.228. The molecule has 3 rings (SSSR count). The van der Waals surface area contributed by atoms with Crippen LogP contribution >= 0.6 is 0 Å². The Balaban J connectivity index is 1.69. The van der Waals surface area contributed by atoms with Crippen molar-refractivity contribution in [1.29, 1.82) is 0 Å². The molecule has 0 aliphatic rings. The van der Waals surface area contributed by atoms with E-state index in [9.17, 15) is 4.39 Å². The Kier molecular flexibility index (Phi) is 3.73. The molecule has 0 aliphatic heterocycles. The number of aryl methyl sites for hydroxylation is 1. The Labute approximate surface area is 122 Å². The van der Waals surface area contributed by atoms with E-state index in [2.05, 4.69) is 0 Å². The van der Waals surface area contributed by atoms with Gasteiger partial charge in [-0.2, -0.15) is 0 Å². The van der Waals surface area contributed by atoms with Gasteiger partial charge in [-0.3, -0.25) is 0 Å². The van der Waals surface area contributed by atoms with Crippen LogP contribution in [-0.4, -0.2) is 0 Å². The van der Waals surface area contributed by atoms with Gasteiger partial charge in [-0.25, -0.2) is 4.39 Å². The molecule has 0 spiro atoms. The van der Waals surface area contributed by atoms with Gasteiger partial charge in [0, 0.05) is 5.56 Å². The smallest absolute Gasteiger partial charge is 0.123 e. The Bertz CT molecular complexity index is 712. The molecular weight excluding hydrogens is 267 g/mol. The maximum Gasteiger partial charge on any atom is 0.123 e. The van der Waals surface area contributed by atoms with E-state index < -0.39 is 0 Å². The minimum absolute atomic E-state index is 0.228. The summed E-state index contributed by atoms with van der Waals surface area (Å²) in [6, 6.07) is 16.1. The summed E-state index contributed by atoms with van der Waals surface area (Å²) in [7, 11) is 0. The Morgan fingerprint density at radius 2 is 1.52 bits per heavy atom. The van der Waals surface area contributed by atoms with E-state index >= 15 is 0 Å². The molecule has 0 aliphatic carbocycles. The minimum Gasteiger partial charge on any atom is -0.489 e. The second-order valence-electron chi connectivity index (χ2n) is 4.82. The highest BCUT2D eigenvalue weighted by molar-refractivity contribution is 5.63. The fraction of sp³-hybridized carbons (Fsp3) is 0.111. The van der Waals surface area contributed by atoms with Gasteiger partial charge in [-0.1, -0.05) is 24.3 Å². The van der Waals surface area contributed by atoms with Gasteiger partial charge in [-0.05, 0) is 48.4 Å². The first-order valence-electron chi connectivity index (χ1n) is 6.74. The predicted molar refractivity (Wildman–Crippen MR) is 79.6 cm³/mol. The molecule has 21 heavy (non-hydrogen) atoms. The third kappa shape index (κ3) is 3.14. The second-order valence-corrected chi connectivity index (χ2v) is 4.82. The second kappa shape index (κ2) is 5.83. The van der Waals surface area contributed by atoms with Crippen molar-refractivity contribution in [2.24, 2.45) is 0 Å². The lowest BCUT2D eigenvalue weighted by Gasteiger charge is -2.07. The average molecular weight is 282 g/mol. The molecule has 1 aromatic heterocycles. The van der Waals surface area contributed by atoms with Gasteiger partial charge in [0.2, 0.25) is 0 Å². The number of ether oxygens (including phenoxy) is 1. The van der Waals surface area contributed by atoms with Crippen LogP contribution in [0.25, 0.3) is 11.1 Å². The Morgan fingerprint density at radius 3 is 2.10 bits per heavy atom. The fourth-order valence-corrected chi connectivity index (χ4v) is 2.11. The largest absolute Gasteiger partial charge is 0.489 e. The van der Waals surface area contributed by atoms with Crippen molar-refractivity contribution in [1.82, 2.24) is 0 Å². The highest BCUT2D eigenvalue weighted by atomic mass is 19.1. The number of halogens is 1. The Hall–Kier alpha value is -2.55. The average Bonchev–Trinajstić information content (AvgIpc) is 2.92. The van der Waals surface area contributed by atoms with Crippen LogP contribution in [0, 0.1) is 12.7 Å². The van der Waals surface area contributed by atoms with Crippen molar-refractivity contribution in [3.8, 4) is 16.9 Å². The molecule has 0 unspecified atom stereocenters. The topological polar surface area (TPSA) is 22.4 Å². The quantitative estimate of drug-likeness (QED) is 0.674. The fourth-order valence-electron chi connectivity index (χ4n) is 2.11. The molecule has 1 heterocycles. The van der Waals surface area contributed by atoms with E-state index in [1.807, 2.05) is 37.3 Å². The molecule has 0 atom stereocenters. The summed E-state index contributed by atoms with van der Waals surface area (Å²) in [5, 5.41) is 0. The highest BCUT2D eigenvalue weighted by Crippen LogP contribution is 2.23. The molecule has 0 saturated heterocycles. The number of furan rings is 1. The van der Waals surface area contributed by atoms with Crippen molar-refractivity contribution in [2.75, 3.05) is 0 Å². The molecule has 106 valence electrons. The first-order valence-corrected chi connectivity index (χ1v) is 6.74. The summed E-state index contributed by atoms with van der Waals surface area (Å²) >= 11 is 0. The SMILES string of the molecule is Cc1occc1COc1ccc(-c2ccc(F)cc2)cc1. The van der Waals surface area contributed by atoms with E-state index in [-0.39, 0.29) is 5.82 Å². The van der Waals surface area contributed by atoms with Crippen LogP contribution in [-0.2, 0) is 6.61 Å². The summed E-state index contributed by atoms with van der Waals surface area (Å²) in [6.45, 7) is 2.40. The van der Waals surface area contributed by atoms with E-state index in [4.69, 9.17) is 9.15 Å². The van der Waals surface area contributed by atoms with E-state index in [1.54, 1.807) is 18.4 Å². The molecule has 0 N–H and O–H groups in total. The van der Waals surface area contributed by atoms with Crippen molar-refractivity contribution in [2.45, 2.75) is 13.5 Å². The van der Waals surface area contributed by atoms with Crippen LogP contribution in [0.15, 0.2) is 65.3 Å². The van der Waals surface area contributed by atoms with Crippen molar-refractivity contribution in [3.05, 3.63) is 78.0 Å². The first kappa shape index (κ1) is 13.4. The summed E-state index contributed by atoms with van der Waals surface area (Å²) in [6.07, 6.45) is 1.66. The maximum atomic E-state index is 12.9. The lowest BCUT2D eigenvalue weighted by Crippen LogP contribution is -1.95. The van der Waals surface area contributed by atoms with Crippen molar-refractivity contribution < 1.29 is 13.5 Å². The molecule has 0 fully saturated rings. The molecule has 2 nitrogen and oxygen atoms in total. The van der Waals surface area contributed by atoms with E-state index in [1.165, 1.54) is 12.1 Å². The third-order valence-electron chi connectivity index (χ3n) is 3.39. The van der Waals surface area contributed by atoms with Crippen molar-refractivity contribution in [3.63, 3.8) is 0 Å². The van der Waals surface area contributed by atoms with E-state index in [0.717, 1.165) is 28.2 Å². The van der Waals surface area contributed by atoms with Crippen LogP contribution < -0.4 is 4.74 Å². The molecule has 0 saturated carbocycles. The van der Waals surface area contributed by atoms with Crippen LogP contribution in [0.4, 0.5) is 4.39 Å². The van der Waals surface area contributed by atoms with Crippen LogP contribution in [0.5, 0.6) is 5.75 Å². The lowest BCUT2D eigenvalue weighted by atomic mass is 10.1. The summed E-state index contributed by atoms with van der Waals surface area (Å²) in [5.41, 5.74) is 3.05. The van der Waals surface area contributed by atoms with Gasteiger partial charge in [0.25, 0.3) is 0 Å². The third-order valence-corrected chi connectivity index (χ3v) is 3.39. The van der Waals surface area contributed by atoms with Crippen molar-refractivity contribution >= 4 is 0 Å².